The summed E-state index contributed by atoms with van der Waals surface area (Å²) in [7, 11) is 0. The average Bonchev–Trinajstić information content (AvgIpc) is 1.76. The van der Waals surface area contributed by atoms with E-state index in [-0.39, 0.29) is 24.5 Å². The van der Waals surface area contributed by atoms with Gasteiger partial charge in [-0.25, -0.2) is 0 Å². The fourth-order valence-corrected chi connectivity index (χ4v) is 0.181. The van der Waals surface area contributed by atoms with Gasteiger partial charge in [-0.1, -0.05) is 0 Å². The van der Waals surface area contributed by atoms with Gasteiger partial charge in [0.05, 0.1) is 5.60 Å². The van der Waals surface area contributed by atoms with Gasteiger partial charge in [0.1, 0.15) is 0 Å². The molecule has 0 heterocycles. The first-order valence-corrected chi connectivity index (χ1v) is 1.93. The Balaban J connectivity index is 0.000000250. The molecule has 0 spiro atoms. The molecule has 0 atom stereocenters. The quantitative estimate of drug-likeness (QED) is 0.402. The summed E-state index contributed by atoms with van der Waals surface area (Å²) in [5.41, 5.74) is -0.250. The van der Waals surface area contributed by atoms with Crippen LogP contribution in [-0.2, 0) is 0 Å². The summed E-state index contributed by atoms with van der Waals surface area (Å²) in [5.74, 6) is 0. The van der Waals surface area contributed by atoms with E-state index < -0.39 is 0 Å². The zero-order valence-corrected chi connectivity index (χ0v) is 3.36. The van der Waals surface area contributed by atoms with Crippen molar-refractivity contribution in [2.75, 3.05) is 0 Å². The summed E-state index contributed by atoms with van der Waals surface area (Å²) >= 11 is 0. The Kier molecular flexibility index (Phi) is 1.72. The van der Waals surface area contributed by atoms with Gasteiger partial charge in [-0.3, -0.25) is 0 Å². The maximum absolute atomic E-state index is 8.63. The molecule has 1 N–H and O–H groups in total. The Hall–Kier alpha value is 0.557. The second-order valence-corrected chi connectivity index (χ2v) is 2.00. The average molecular weight is 80.1 g/mol. The van der Waals surface area contributed by atoms with Gasteiger partial charge in [0.25, 0.3) is 0 Å². The molecule has 1 aliphatic rings. The van der Waals surface area contributed by atoms with E-state index in [1.165, 1.54) is 0 Å². The normalized spacial score (nSPS) is 25.0. The van der Waals surface area contributed by atoms with Gasteiger partial charge < -0.3 is 5.11 Å². The van der Waals surface area contributed by atoms with Crippen LogP contribution in [0, 0.1) is 0 Å². The monoisotopic (exact) mass is 80.1 g/mol. The Labute approximate surface area is 49.9 Å². The van der Waals surface area contributed by atoms with Crippen LogP contribution in [0.25, 0.3) is 0 Å². The van der Waals surface area contributed by atoms with Crippen molar-refractivity contribution in [1.29, 1.82) is 0 Å². The first-order valence-electron chi connectivity index (χ1n) is 1.93. The minimum atomic E-state index is -0.250. The molecular weight excluding hydrogens is 71.0 g/mol. The molecule has 0 bridgehead atoms. The topological polar surface area (TPSA) is 20.2 Å². The molecule has 0 aliphatic heterocycles. The Morgan fingerprint density at radius 1 is 1.50 bits per heavy atom. The van der Waals surface area contributed by atoms with Gasteiger partial charge in [0.2, 0.25) is 0 Å². The second-order valence-electron chi connectivity index (χ2n) is 2.00. The molecule has 0 radical (unpaired) electrons. The molecule has 0 aromatic heterocycles. The number of rotatable bonds is 0. The van der Waals surface area contributed by atoms with Crippen LogP contribution in [0.4, 0.5) is 0 Å². The van der Waals surface area contributed by atoms with Crippen molar-refractivity contribution in [2.45, 2.75) is 25.4 Å². The van der Waals surface area contributed by atoms with Crippen molar-refractivity contribution in [3.63, 3.8) is 0 Å². The number of aliphatic hydroxyl groups is 1. The zero-order chi connectivity index (χ0) is 3.91. The van der Waals surface area contributed by atoms with Crippen molar-refractivity contribution in [2.24, 2.45) is 0 Å². The van der Waals surface area contributed by atoms with Gasteiger partial charge in [0.15, 0.2) is 0 Å². The molecule has 1 saturated carbocycles. The van der Waals surface area contributed by atoms with E-state index in [9.17, 15) is 0 Å². The summed E-state index contributed by atoms with van der Waals surface area (Å²) < 4.78 is 0. The Morgan fingerprint density at radius 3 is 1.67 bits per heavy atom. The van der Waals surface area contributed by atoms with Crippen LogP contribution in [0.2, 0.25) is 0 Å². The van der Waals surface area contributed by atoms with Crippen LogP contribution < -0.4 is 0 Å². The number of hydrogen-bond acceptors (Lipinski definition) is 1. The summed E-state index contributed by atoms with van der Waals surface area (Å²) in [4.78, 5) is 0. The van der Waals surface area contributed by atoms with E-state index in [0.717, 1.165) is 12.8 Å². The van der Waals surface area contributed by atoms with Crippen LogP contribution >= 0.6 is 0 Å². The third-order valence-corrected chi connectivity index (χ3v) is 0.974. The fraction of sp³-hybridized carbons (Fsp3) is 1.00. The van der Waals surface area contributed by atoms with Crippen LogP contribution in [0.15, 0.2) is 0 Å². The van der Waals surface area contributed by atoms with E-state index in [0.29, 0.717) is 0 Å². The zero-order valence-electron chi connectivity index (χ0n) is 3.36. The third kappa shape index (κ3) is 1.87. The van der Waals surface area contributed by atoms with Crippen LogP contribution in [0.1, 0.15) is 19.8 Å². The van der Waals surface area contributed by atoms with E-state index in [4.69, 9.17) is 5.11 Å². The molecule has 1 aliphatic carbocycles. The fourth-order valence-electron chi connectivity index (χ4n) is 0.181. The molecule has 1 rings (SSSR count). The summed E-state index contributed by atoms with van der Waals surface area (Å²) in [6.07, 6.45) is 2.01. The maximum atomic E-state index is 8.63. The van der Waals surface area contributed by atoms with Crippen LogP contribution in [0.3, 0.4) is 0 Å². The van der Waals surface area contributed by atoms with Crippen LogP contribution in [0.5, 0.6) is 0 Å². The second kappa shape index (κ2) is 1.58. The molecule has 6 heavy (non-hydrogen) atoms. The van der Waals surface area contributed by atoms with Crippen molar-refractivity contribution >= 4 is 18.9 Å². The molecule has 2 heteroatoms. The van der Waals surface area contributed by atoms with Gasteiger partial charge in [0, 0.05) is 0 Å². The molecule has 1 fully saturated rings. The third-order valence-electron chi connectivity index (χ3n) is 0.974. The van der Waals surface area contributed by atoms with Gasteiger partial charge in [-0.05, 0) is 19.8 Å². The predicted octanol–water partition coefficient (Wildman–Crippen LogP) is -0.117. The van der Waals surface area contributed by atoms with E-state index in [1.807, 2.05) is 6.92 Å². The van der Waals surface area contributed by atoms with Gasteiger partial charge >= 0.3 is 18.9 Å². The van der Waals surface area contributed by atoms with E-state index >= 15 is 0 Å². The van der Waals surface area contributed by atoms with Crippen molar-refractivity contribution in [1.82, 2.24) is 0 Å². The Bertz CT molecular complexity index is 45.5. The molecule has 0 aromatic carbocycles. The van der Waals surface area contributed by atoms with Crippen molar-refractivity contribution in [3.8, 4) is 0 Å². The molecule has 1 nitrogen and oxygen atoms in total. The molecule has 0 aromatic rings. The van der Waals surface area contributed by atoms with Crippen molar-refractivity contribution in [3.05, 3.63) is 0 Å². The summed E-state index contributed by atoms with van der Waals surface area (Å²) in [6, 6.07) is 0. The molecule has 0 amide bonds. The predicted molar refractivity (Wildman–Crippen MR) is 27.0 cm³/mol. The van der Waals surface area contributed by atoms with Gasteiger partial charge in [-0.15, -0.1) is 0 Å². The summed E-state index contributed by atoms with van der Waals surface area (Å²) in [5, 5.41) is 8.63. The SMILES string of the molecule is CC1(O)CC1.[LiH]. The van der Waals surface area contributed by atoms with E-state index in [2.05, 4.69) is 0 Å². The van der Waals surface area contributed by atoms with E-state index in [1.54, 1.807) is 0 Å². The number of hydrogen-bond donors (Lipinski definition) is 1. The molecule has 0 unspecified atom stereocenters. The Morgan fingerprint density at radius 2 is 1.67 bits per heavy atom. The summed E-state index contributed by atoms with van der Waals surface area (Å²) in [6.45, 7) is 1.85. The van der Waals surface area contributed by atoms with Crippen molar-refractivity contribution < 1.29 is 5.11 Å². The molecule has 32 valence electrons. The standard InChI is InChI=1S/C4H8O.Li.H/c1-4(5)2-3-4;;/h5H,2-3H2,1H3;;. The molecular formula is C4H9LiO. The molecule has 0 saturated heterocycles. The minimum absolute atomic E-state index is 0. The first kappa shape index (κ1) is 6.56. The van der Waals surface area contributed by atoms with Gasteiger partial charge in [-0.2, -0.15) is 0 Å². The van der Waals surface area contributed by atoms with Crippen LogP contribution in [-0.4, -0.2) is 29.6 Å². The first-order chi connectivity index (χ1) is 2.21.